The van der Waals surface area contributed by atoms with Crippen molar-refractivity contribution in [1.82, 2.24) is 19.6 Å². The Morgan fingerprint density at radius 2 is 1.94 bits per heavy atom. The van der Waals surface area contributed by atoms with Crippen LogP contribution in [0.1, 0.15) is 28.0 Å². The number of aryl methyl sites for hydroxylation is 1. The molecule has 6 nitrogen and oxygen atoms in total. The number of carbonyl (C=O) groups is 1. The van der Waals surface area contributed by atoms with Crippen LogP contribution in [0.15, 0.2) is 54.7 Å². The van der Waals surface area contributed by atoms with Gasteiger partial charge in [0.2, 0.25) is 0 Å². The van der Waals surface area contributed by atoms with Gasteiger partial charge in [0.05, 0.1) is 7.11 Å². The molecule has 0 N–H and O–H groups in total. The second kappa shape index (κ2) is 9.31. The summed E-state index contributed by atoms with van der Waals surface area (Å²) in [5, 5.41) is 4.52. The normalized spacial score (nSPS) is 15.0. The maximum atomic E-state index is 14.0. The van der Waals surface area contributed by atoms with E-state index in [-0.39, 0.29) is 11.7 Å². The minimum Gasteiger partial charge on any atom is -0.494 e. The van der Waals surface area contributed by atoms with Crippen molar-refractivity contribution in [2.75, 3.05) is 33.3 Å². The van der Waals surface area contributed by atoms with Crippen molar-refractivity contribution in [2.45, 2.75) is 19.9 Å². The SMILES string of the molecule is COc1ccc(C)cc1-n1ccc(C(=O)N2CCCN(Cc3ccccc3F)CC2)n1. The van der Waals surface area contributed by atoms with Crippen LogP contribution in [0, 0.1) is 12.7 Å². The van der Waals surface area contributed by atoms with Crippen LogP contribution in [0.2, 0.25) is 0 Å². The van der Waals surface area contributed by atoms with Gasteiger partial charge in [-0.3, -0.25) is 9.69 Å². The molecule has 0 radical (unpaired) electrons. The lowest BCUT2D eigenvalue weighted by molar-refractivity contribution is 0.0754. The molecule has 3 aromatic rings. The number of amides is 1. The Labute approximate surface area is 181 Å². The van der Waals surface area contributed by atoms with E-state index in [1.807, 2.05) is 42.2 Å². The lowest BCUT2D eigenvalue weighted by Crippen LogP contribution is -2.35. The van der Waals surface area contributed by atoms with Gasteiger partial charge in [0.25, 0.3) is 5.91 Å². The molecule has 31 heavy (non-hydrogen) atoms. The summed E-state index contributed by atoms with van der Waals surface area (Å²) in [6.07, 6.45) is 2.62. The molecule has 0 atom stereocenters. The Bertz CT molecular complexity index is 1070. The fourth-order valence-corrected chi connectivity index (χ4v) is 3.91. The molecule has 0 aliphatic carbocycles. The Hall–Kier alpha value is -3.19. The standard InChI is InChI=1S/C24H27FN4O2/c1-18-8-9-23(31-2)22(16-18)29-13-10-21(26-29)24(30)28-12-5-11-27(14-15-28)17-19-6-3-4-7-20(19)25/h3-4,6-10,13,16H,5,11-12,14-15,17H2,1-2H3. The zero-order valence-electron chi connectivity index (χ0n) is 17.9. The number of hydrogen-bond donors (Lipinski definition) is 0. The number of nitrogens with zero attached hydrogens (tertiary/aromatic N) is 4. The third-order valence-electron chi connectivity index (χ3n) is 5.62. The van der Waals surface area contributed by atoms with E-state index in [1.54, 1.807) is 30.1 Å². The summed E-state index contributed by atoms with van der Waals surface area (Å²) in [4.78, 5) is 17.1. The minimum absolute atomic E-state index is 0.0851. The molecule has 0 spiro atoms. The highest BCUT2D eigenvalue weighted by Gasteiger charge is 2.23. The Kier molecular flexibility index (Phi) is 6.32. The second-order valence-corrected chi connectivity index (χ2v) is 7.83. The van der Waals surface area contributed by atoms with Crippen molar-refractivity contribution in [3.63, 3.8) is 0 Å². The first-order chi connectivity index (χ1) is 15.0. The highest BCUT2D eigenvalue weighted by atomic mass is 19.1. The predicted octanol–water partition coefficient (Wildman–Crippen LogP) is 3.68. The fourth-order valence-electron chi connectivity index (χ4n) is 3.91. The summed E-state index contributed by atoms with van der Waals surface area (Å²) in [6.45, 7) is 5.33. The first kappa shape index (κ1) is 21.1. The van der Waals surface area contributed by atoms with E-state index in [0.717, 1.165) is 24.2 Å². The number of carbonyl (C=O) groups excluding carboxylic acids is 1. The van der Waals surface area contributed by atoms with E-state index in [0.29, 0.717) is 43.2 Å². The van der Waals surface area contributed by atoms with Gasteiger partial charge in [-0.2, -0.15) is 5.10 Å². The number of ether oxygens (including phenoxy) is 1. The minimum atomic E-state index is -0.184. The van der Waals surface area contributed by atoms with E-state index in [4.69, 9.17) is 4.74 Å². The maximum Gasteiger partial charge on any atom is 0.274 e. The molecule has 162 valence electrons. The average Bonchev–Trinajstić information content (AvgIpc) is 3.15. The zero-order chi connectivity index (χ0) is 21.8. The first-order valence-corrected chi connectivity index (χ1v) is 10.5. The number of rotatable bonds is 5. The molecule has 1 fully saturated rings. The van der Waals surface area contributed by atoms with E-state index in [9.17, 15) is 9.18 Å². The summed E-state index contributed by atoms with van der Waals surface area (Å²) in [7, 11) is 1.62. The third kappa shape index (κ3) is 4.77. The molecule has 1 amide bonds. The molecular weight excluding hydrogens is 395 g/mol. The maximum absolute atomic E-state index is 14.0. The molecule has 1 aliphatic heterocycles. The van der Waals surface area contributed by atoms with Crippen LogP contribution in [0.4, 0.5) is 4.39 Å². The third-order valence-corrected chi connectivity index (χ3v) is 5.62. The number of hydrogen-bond acceptors (Lipinski definition) is 4. The molecule has 0 unspecified atom stereocenters. The van der Waals surface area contributed by atoms with Crippen molar-refractivity contribution in [2.24, 2.45) is 0 Å². The highest BCUT2D eigenvalue weighted by Crippen LogP contribution is 2.24. The van der Waals surface area contributed by atoms with Crippen LogP contribution >= 0.6 is 0 Å². The lowest BCUT2D eigenvalue weighted by atomic mass is 10.2. The first-order valence-electron chi connectivity index (χ1n) is 10.5. The van der Waals surface area contributed by atoms with Crippen LogP contribution in [-0.4, -0.2) is 58.8 Å². The average molecular weight is 423 g/mol. The fraction of sp³-hybridized carbons (Fsp3) is 0.333. The van der Waals surface area contributed by atoms with Gasteiger partial charge >= 0.3 is 0 Å². The molecule has 7 heteroatoms. The smallest absolute Gasteiger partial charge is 0.274 e. The van der Waals surface area contributed by atoms with E-state index >= 15 is 0 Å². The predicted molar refractivity (Wildman–Crippen MR) is 117 cm³/mol. The molecule has 1 aromatic heterocycles. The summed E-state index contributed by atoms with van der Waals surface area (Å²) < 4.78 is 21.1. The van der Waals surface area contributed by atoms with Gasteiger partial charge in [-0.05, 0) is 43.2 Å². The molecule has 0 bridgehead atoms. The molecule has 1 saturated heterocycles. The zero-order valence-corrected chi connectivity index (χ0v) is 17.9. The Balaban J connectivity index is 1.44. The molecule has 1 aliphatic rings. The van der Waals surface area contributed by atoms with Crippen molar-refractivity contribution in [1.29, 1.82) is 0 Å². The van der Waals surface area contributed by atoms with Crippen molar-refractivity contribution in [3.05, 3.63) is 77.4 Å². The van der Waals surface area contributed by atoms with Crippen molar-refractivity contribution >= 4 is 5.91 Å². The van der Waals surface area contributed by atoms with Crippen LogP contribution in [0.25, 0.3) is 5.69 Å². The monoisotopic (exact) mass is 422 g/mol. The summed E-state index contributed by atoms with van der Waals surface area (Å²) in [5.74, 6) is 0.432. The largest absolute Gasteiger partial charge is 0.494 e. The molecular formula is C24H27FN4O2. The summed E-state index contributed by atoms with van der Waals surface area (Å²) in [5.41, 5.74) is 2.98. The lowest BCUT2D eigenvalue weighted by Gasteiger charge is -2.21. The topological polar surface area (TPSA) is 50.6 Å². The van der Waals surface area contributed by atoms with Gasteiger partial charge in [-0.15, -0.1) is 0 Å². The molecule has 2 aromatic carbocycles. The van der Waals surface area contributed by atoms with Gasteiger partial charge < -0.3 is 9.64 Å². The van der Waals surface area contributed by atoms with Gasteiger partial charge in [0, 0.05) is 44.5 Å². The second-order valence-electron chi connectivity index (χ2n) is 7.83. The van der Waals surface area contributed by atoms with Crippen LogP contribution in [-0.2, 0) is 6.54 Å². The number of benzene rings is 2. The van der Waals surface area contributed by atoms with Crippen molar-refractivity contribution < 1.29 is 13.9 Å². The van der Waals surface area contributed by atoms with Crippen LogP contribution < -0.4 is 4.74 Å². The summed E-state index contributed by atoms with van der Waals surface area (Å²) >= 11 is 0. The Morgan fingerprint density at radius 3 is 2.74 bits per heavy atom. The molecule has 0 saturated carbocycles. The molecule has 4 rings (SSSR count). The van der Waals surface area contributed by atoms with Crippen LogP contribution in [0.5, 0.6) is 5.75 Å². The number of methoxy groups -OCH3 is 1. The van der Waals surface area contributed by atoms with E-state index in [1.165, 1.54) is 6.07 Å². The van der Waals surface area contributed by atoms with Crippen molar-refractivity contribution in [3.8, 4) is 11.4 Å². The number of aromatic nitrogens is 2. The van der Waals surface area contributed by atoms with Gasteiger partial charge in [-0.25, -0.2) is 9.07 Å². The molecule has 2 heterocycles. The number of halogens is 1. The quantitative estimate of drug-likeness (QED) is 0.630. The highest BCUT2D eigenvalue weighted by molar-refractivity contribution is 5.92. The van der Waals surface area contributed by atoms with E-state index in [2.05, 4.69) is 10.00 Å². The van der Waals surface area contributed by atoms with Crippen LogP contribution in [0.3, 0.4) is 0 Å². The van der Waals surface area contributed by atoms with Gasteiger partial charge in [0.15, 0.2) is 5.69 Å². The van der Waals surface area contributed by atoms with Gasteiger partial charge in [0.1, 0.15) is 17.3 Å². The summed E-state index contributed by atoms with van der Waals surface area (Å²) in [6, 6.07) is 14.4. The van der Waals surface area contributed by atoms with Gasteiger partial charge in [-0.1, -0.05) is 24.3 Å². The Morgan fingerprint density at radius 1 is 1.10 bits per heavy atom. The van der Waals surface area contributed by atoms with E-state index < -0.39 is 0 Å².